The first-order valence-electron chi connectivity index (χ1n) is 6.74. The lowest BCUT2D eigenvalue weighted by atomic mass is 10.0. The number of rotatable bonds is 11. The minimum absolute atomic E-state index is 0.0766. The van der Waals surface area contributed by atoms with E-state index in [0.29, 0.717) is 25.1 Å². The van der Waals surface area contributed by atoms with E-state index >= 15 is 0 Å². The Hall–Kier alpha value is -1.94. The molecule has 1 aromatic heterocycles. The fraction of sp³-hybridized carbons (Fsp3) is 0.583. The summed E-state index contributed by atoms with van der Waals surface area (Å²) in [7, 11) is 0. The largest absolute Gasteiger partial charge is 0.480 e. The zero-order valence-corrected chi connectivity index (χ0v) is 12.7. The highest BCUT2D eigenvalue weighted by atomic mass is 32.2. The number of aliphatic carboxylic acids is 1. The minimum atomic E-state index is -1.14. The Morgan fingerprint density at radius 3 is 2.86 bits per heavy atom. The molecule has 0 spiro atoms. The van der Waals surface area contributed by atoms with Crippen LogP contribution in [0.3, 0.4) is 0 Å². The molecule has 122 valence electrons. The molecule has 1 aromatic rings. The van der Waals surface area contributed by atoms with Crippen LogP contribution >= 0.6 is 11.9 Å². The normalized spacial score (nSPS) is 13.3. The number of nitrogens with one attached hydrogen (secondary N) is 2. The molecule has 1 unspecified atom stereocenters. The van der Waals surface area contributed by atoms with E-state index in [9.17, 15) is 19.6 Å². The van der Waals surface area contributed by atoms with E-state index in [1.807, 2.05) is 0 Å². The number of carboxylic acids is 1. The molecular weight excluding hydrogens is 310 g/mol. The van der Waals surface area contributed by atoms with Crippen molar-refractivity contribution >= 4 is 23.8 Å². The molecule has 0 saturated carbocycles. The monoisotopic (exact) mass is 329 g/mol. The summed E-state index contributed by atoms with van der Waals surface area (Å²) >= 11 is 0.739. The number of aromatic nitrogens is 2. The number of nitrogens with zero attached hydrogens (tertiary/aromatic N) is 2. The highest BCUT2D eigenvalue weighted by molar-refractivity contribution is 7.97. The van der Waals surface area contributed by atoms with Crippen LogP contribution < -0.4 is 11.1 Å². The molecule has 0 aliphatic carbocycles. The summed E-state index contributed by atoms with van der Waals surface area (Å²) in [4.78, 5) is 40.3. The van der Waals surface area contributed by atoms with Gasteiger partial charge in [-0.05, 0) is 19.4 Å². The van der Waals surface area contributed by atoms with Gasteiger partial charge in [-0.1, -0.05) is 0 Å². The van der Waals surface area contributed by atoms with Crippen molar-refractivity contribution < 1.29 is 14.7 Å². The molecule has 9 nitrogen and oxygen atoms in total. The predicted molar refractivity (Wildman–Crippen MR) is 81.9 cm³/mol. The van der Waals surface area contributed by atoms with E-state index in [0.717, 1.165) is 11.9 Å². The van der Waals surface area contributed by atoms with Gasteiger partial charge in [0.2, 0.25) is 5.91 Å². The van der Waals surface area contributed by atoms with E-state index < -0.39 is 23.8 Å². The molecule has 2 atom stereocenters. The number of amides is 1. The molecule has 5 N–H and O–H groups in total. The molecule has 10 heteroatoms. The molecular formula is C12H19N5O4S. The number of H-pyrrole nitrogens is 1. The summed E-state index contributed by atoms with van der Waals surface area (Å²) in [6.45, 7) is 0.415. The lowest BCUT2D eigenvalue weighted by molar-refractivity contribution is -0.142. The van der Waals surface area contributed by atoms with Crippen molar-refractivity contribution in [3.63, 3.8) is 0 Å². The molecule has 0 aromatic carbocycles. The maximum atomic E-state index is 12.2. The lowest BCUT2D eigenvalue weighted by Gasteiger charge is -2.18. The molecule has 22 heavy (non-hydrogen) atoms. The first-order chi connectivity index (χ1) is 10.6. The van der Waals surface area contributed by atoms with Crippen LogP contribution in [0.5, 0.6) is 0 Å². The average molecular weight is 329 g/mol. The van der Waals surface area contributed by atoms with E-state index in [1.165, 1.54) is 6.33 Å². The number of nitrogens with two attached hydrogens (primary N) is 1. The van der Waals surface area contributed by atoms with Gasteiger partial charge in [0.25, 0.3) is 0 Å². The van der Waals surface area contributed by atoms with Crippen molar-refractivity contribution in [2.24, 2.45) is 16.2 Å². The van der Waals surface area contributed by atoms with Gasteiger partial charge in [-0.3, -0.25) is 4.79 Å². The second kappa shape index (κ2) is 9.90. The zero-order valence-electron chi connectivity index (χ0n) is 11.9. The van der Waals surface area contributed by atoms with E-state index in [-0.39, 0.29) is 12.2 Å². The van der Waals surface area contributed by atoms with Crippen molar-refractivity contribution in [2.75, 3.05) is 12.3 Å². The maximum absolute atomic E-state index is 12.2. The predicted octanol–water partition coefficient (Wildman–Crippen LogP) is 0.291. The van der Waals surface area contributed by atoms with Gasteiger partial charge in [0, 0.05) is 40.8 Å². The topological polar surface area (TPSA) is 151 Å². The van der Waals surface area contributed by atoms with Gasteiger partial charge in [0.1, 0.15) is 6.04 Å². The second-order valence-corrected chi connectivity index (χ2v) is 5.40. The average Bonchev–Trinajstić information content (AvgIpc) is 2.99. The summed E-state index contributed by atoms with van der Waals surface area (Å²) in [6, 6.07) is -1.08. The van der Waals surface area contributed by atoms with Crippen molar-refractivity contribution in [2.45, 2.75) is 25.3 Å². The summed E-state index contributed by atoms with van der Waals surface area (Å²) in [5, 5.41) is 11.7. The highest BCUT2D eigenvalue weighted by Gasteiger charge is 2.26. The minimum Gasteiger partial charge on any atom is -0.480 e. The Morgan fingerprint density at radius 1 is 1.55 bits per heavy atom. The van der Waals surface area contributed by atoms with Gasteiger partial charge in [0.15, 0.2) is 0 Å². The Bertz CT molecular complexity index is 482. The van der Waals surface area contributed by atoms with Crippen LogP contribution in [0.25, 0.3) is 0 Å². The van der Waals surface area contributed by atoms with Gasteiger partial charge in [0.05, 0.1) is 12.0 Å². The van der Waals surface area contributed by atoms with Crippen LogP contribution in [-0.4, -0.2) is 45.3 Å². The third-order valence-electron chi connectivity index (χ3n) is 3.04. The first kappa shape index (κ1) is 18.1. The summed E-state index contributed by atoms with van der Waals surface area (Å²) < 4.78 is 2.67. The number of hydrogen-bond donors (Lipinski definition) is 4. The molecule has 1 rings (SSSR count). The number of imidazole rings is 1. The molecule has 0 saturated heterocycles. The van der Waals surface area contributed by atoms with Gasteiger partial charge < -0.3 is 21.1 Å². The Kier molecular flexibility index (Phi) is 8.15. The van der Waals surface area contributed by atoms with Crippen molar-refractivity contribution in [1.82, 2.24) is 15.3 Å². The standard InChI is InChI=1S/C12H19N5O4S/c13-3-1-2-8(6-22-17-21)11(18)16-10(12(19)20)4-9-5-14-7-15-9/h5,7-8,10H,1-4,6,13H2,(H,14,15)(H,16,18)(H,19,20)/t8?,10-/m0/s1. The molecule has 0 radical (unpaired) electrons. The maximum Gasteiger partial charge on any atom is 0.326 e. The number of carbonyl (C=O) groups excluding carboxylic acids is 1. The molecule has 0 fully saturated rings. The van der Waals surface area contributed by atoms with Gasteiger partial charge in [-0.15, -0.1) is 4.91 Å². The molecule has 0 aliphatic rings. The zero-order chi connectivity index (χ0) is 16.4. The number of carboxylic acid groups (broad SMARTS) is 1. The van der Waals surface area contributed by atoms with Crippen LogP contribution in [0.2, 0.25) is 0 Å². The van der Waals surface area contributed by atoms with Crippen LogP contribution in [0.1, 0.15) is 18.5 Å². The Morgan fingerprint density at radius 2 is 2.32 bits per heavy atom. The number of aromatic amines is 1. The lowest BCUT2D eigenvalue weighted by Crippen LogP contribution is -2.45. The van der Waals surface area contributed by atoms with Crippen LogP contribution in [0, 0.1) is 10.8 Å². The van der Waals surface area contributed by atoms with Crippen molar-refractivity contribution in [1.29, 1.82) is 0 Å². The molecule has 1 heterocycles. The third-order valence-corrected chi connectivity index (χ3v) is 3.70. The number of nitroso groups, excluding NO2 is 1. The third kappa shape index (κ3) is 6.22. The smallest absolute Gasteiger partial charge is 0.326 e. The second-order valence-electron chi connectivity index (χ2n) is 4.66. The van der Waals surface area contributed by atoms with Gasteiger partial charge >= 0.3 is 5.97 Å². The Balaban J connectivity index is 2.65. The summed E-state index contributed by atoms with van der Waals surface area (Å²) in [5.74, 6) is -1.88. The summed E-state index contributed by atoms with van der Waals surface area (Å²) in [5.41, 5.74) is 5.95. The van der Waals surface area contributed by atoms with E-state index in [1.54, 1.807) is 6.20 Å². The van der Waals surface area contributed by atoms with Crippen molar-refractivity contribution in [3.8, 4) is 0 Å². The Labute approximate surface area is 131 Å². The van der Waals surface area contributed by atoms with E-state index in [4.69, 9.17) is 5.73 Å². The molecule has 0 bridgehead atoms. The SMILES string of the molecule is NCCCC(CSN=O)C(=O)N[C@@H](Cc1c[nH]cn1)C(=O)O. The highest BCUT2D eigenvalue weighted by Crippen LogP contribution is 2.15. The number of carbonyl (C=O) groups is 2. The molecule has 0 aliphatic heterocycles. The summed E-state index contributed by atoms with van der Waals surface area (Å²) in [6.07, 6.45) is 4.16. The van der Waals surface area contributed by atoms with Crippen molar-refractivity contribution in [3.05, 3.63) is 23.1 Å². The van der Waals surface area contributed by atoms with Gasteiger partial charge in [-0.25, -0.2) is 9.78 Å². The van der Waals surface area contributed by atoms with Crippen LogP contribution in [-0.2, 0) is 16.0 Å². The fourth-order valence-corrected chi connectivity index (χ4v) is 2.43. The number of hydrogen-bond acceptors (Lipinski definition) is 7. The first-order valence-corrected chi connectivity index (χ1v) is 7.68. The van der Waals surface area contributed by atoms with Crippen LogP contribution in [0.15, 0.2) is 17.1 Å². The quantitative estimate of drug-likeness (QED) is 0.336. The fourth-order valence-electron chi connectivity index (χ4n) is 1.88. The van der Waals surface area contributed by atoms with E-state index in [2.05, 4.69) is 19.9 Å². The van der Waals surface area contributed by atoms with Gasteiger partial charge in [-0.2, -0.15) is 0 Å². The van der Waals surface area contributed by atoms with Crippen LogP contribution in [0.4, 0.5) is 0 Å². The molecule has 1 amide bonds.